The number of rotatable bonds is 5. The molecule has 0 spiro atoms. The first-order valence-electron chi connectivity index (χ1n) is 10.4. The van der Waals surface area contributed by atoms with Crippen LogP contribution in [0.15, 0.2) is 42.6 Å². The van der Waals surface area contributed by atoms with Crippen molar-refractivity contribution in [3.05, 3.63) is 59.8 Å². The Morgan fingerprint density at radius 1 is 1.17 bits per heavy atom. The number of pyridine rings is 1. The number of hydrogen-bond acceptors (Lipinski definition) is 6. The van der Waals surface area contributed by atoms with Crippen LogP contribution in [0.1, 0.15) is 40.8 Å². The third-order valence-corrected chi connectivity index (χ3v) is 5.53. The van der Waals surface area contributed by atoms with Gasteiger partial charge in [0.25, 0.3) is 5.91 Å². The van der Waals surface area contributed by atoms with E-state index in [1.54, 1.807) is 18.1 Å². The molecule has 1 N–H and O–H groups in total. The van der Waals surface area contributed by atoms with E-state index in [0.29, 0.717) is 18.2 Å². The Balaban J connectivity index is 1.60. The van der Waals surface area contributed by atoms with Crippen molar-refractivity contribution < 1.29 is 4.79 Å². The summed E-state index contributed by atoms with van der Waals surface area (Å²) >= 11 is 0. The van der Waals surface area contributed by atoms with Crippen LogP contribution in [0.4, 0.5) is 5.82 Å². The van der Waals surface area contributed by atoms with Crippen molar-refractivity contribution >= 4 is 22.5 Å². The fraction of sp³-hybridized carbons (Fsp3) is 0.391. The van der Waals surface area contributed by atoms with Crippen molar-refractivity contribution in [2.24, 2.45) is 0 Å². The third-order valence-electron chi connectivity index (χ3n) is 5.53. The highest BCUT2D eigenvalue weighted by atomic mass is 16.2. The van der Waals surface area contributed by atoms with E-state index in [2.05, 4.69) is 10.3 Å². The molecule has 3 aromatic rings. The number of hydrogen-bond donors (Lipinski definition) is 1. The molecular weight excluding hydrogens is 376 g/mol. The second kappa shape index (κ2) is 8.75. The predicted octanol–water partition coefficient (Wildman–Crippen LogP) is 2.83. The highest BCUT2D eigenvalue weighted by Crippen LogP contribution is 2.23. The second-order valence-corrected chi connectivity index (χ2v) is 8.06. The molecule has 0 bridgehead atoms. The Hall–Kier alpha value is -3.06. The van der Waals surface area contributed by atoms with Crippen molar-refractivity contribution in [2.45, 2.75) is 25.3 Å². The van der Waals surface area contributed by atoms with E-state index in [1.807, 2.05) is 55.4 Å². The van der Waals surface area contributed by atoms with Crippen LogP contribution in [0, 0.1) is 0 Å². The van der Waals surface area contributed by atoms with Crippen LogP contribution in [-0.4, -0.2) is 60.0 Å². The van der Waals surface area contributed by atoms with Crippen LogP contribution in [-0.2, 0) is 6.54 Å². The molecule has 1 aliphatic rings. The maximum atomic E-state index is 13.2. The van der Waals surface area contributed by atoms with Gasteiger partial charge in [0.2, 0.25) is 0 Å². The highest BCUT2D eigenvalue weighted by molar-refractivity contribution is 6.04. The molecule has 0 unspecified atom stereocenters. The summed E-state index contributed by atoms with van der Waals surface area (Å²) in [7, 11) is 5.75. The lowest BCUT2D eigenvalue weighted by Crippen LogP contribution is -2.31. The highest BCUT2D eigenvalue weighted by Gasteiger charge is 2.22. The van der Waals surface area contributed by atoms with E-state index in [9.17, 15) is 4.79 Å². The molecule has 7 nitrogen and oxygen atoms in total. The van der Waals surface area contributed by atoms with E-state index in [0.717, 1.165) is 54.0 Å². The largest absolute Gasteiger partial charge is 0.363 e. The Morgan fingerprint density at radius 3 is 2.77 bits per heavy atom. The molecule has 7 heteroatoms. The summed E-state index contributed by atoms with van der Waals surface area (Å²) < 4.78 is 0. The first-order chi connectivity index (χ1) is 14.5. The Morgan fingerprint density at radius 2 is 2.00 bits per heavy atom. The second-order valence-electron chi connectivity index (χ2n) is 8.06. The number of amides is 1. The summed E-state index contributed by atoms with van der Waals surface area (Å²) in [5, 5.41) is 5.30. The number of benzene rings is 1. The first-order valence-corrected chi connectivity index (χ1v) is 10.4. The Bertz CT molecular complexity index is 1040. The summed E-state index contributed by atoms with van der Waals surface area (Å²) in [6, 6.07) is 11.7. The van der Waals surface area contributed by atoms with Crippen molar-refractivity contribution in [1.29, 1.82) is 0 Å². The van der Waals surface area contributed by atoms with Gasteiger partial charge in [-0.3, -0.25) is 9.78 Å². The molecule has 0 radical (unpaired) electrons. The minimum Gasteiger partial charge on any atom is -0.363 e. The van der Waals surface area contributed by atoms with Crippen LogP contribution >= 0.6 is 0 Å². The summed E-state index contributed by atoms with van der Waals surface area (Å²) in [4.78, 5) is 30.8. The summed E-state index contributed by atoms with van der Waals surface area (Å²) in [6.45, 7) is 2.34. The monoisotopic (exact) mass is 404 g/mol. The number of aromatic nitrogens is 3. The molecule has 3 heterocycles. The number of nitrogens with one attached hydrogen (secondary N) is 1. The van der Waals surface area contributed by atoms with E-state index >= 15 is 0 Å². The van der Waals surface area contributed by atoms with E-state index in [4.69, 9.17) is 9.97 Å². The number of carbonyl (C=O) groups excluding carboxylic acids is 1. The van der Waals surface area contributed by atoms with Gasteiger partial charge in [0.1, 0.15) is 17.3 Å². The quantitative estimate of drug-likeness (QED) is 0.705. The molecule has 1 aliphatic heterocycles. The lowest BCUT2D eigenvalue weighted by molar-refractivity contribution is 0.0779. The summed E-state index contributed by atoms with van der Waals surface area (Å²) in [6.07, 6.45) is 3.89. The SMILES string of the molecule is CN(Cc1cc(N(C)C)nc([C@@H]2CCCNC2)n1)C(=O)c1nccc2ccccc12. The summed E-state index contributed by atoms with van der Waals surface area (Å²) in [5.41, 5.74) is 1.31. The van der Waals surface area contributed by atoms with E-state index < -0.39 is 0 Å². The topological polar surface area (TPSA) is 74.2 Å². The smallest absolute Gasteiger partial charge is 0.273 e. The molecule has 0 saturated carbocycles. The number of anilines is 1. The fourth-order valence-corrected chi connectivity index (χ4v) is 3.85. The van der Waals surface area contributed by atoms with Gasteiger partial charge in [-0.1, -0.05) is 24.3 Å². The van der Waals surface area contributed by atoms with Gasteiger partial charge in [0.15, 0.2) is 0 Å². The third kappa shape index (κ3) is 4.26. The minimum absolute atomic E-state index is 0.113. The molecule has 156 valence electrons. The molecule has 1 aromatic carbocycles. The van der Waals surface area contributed by atoms with Crippen molar-refractivity contribution in [2.75, 3.05) is 39.1 Å². The molecule has 1 fully saturated rings. The van der Waals surface area contributed by atoms with Crippen LogP contribution < -0.4 is 10.2 Å². The van der Waals surface area contributed by atoms with Gasteiger partial charge < -0.3 is 15.1 Å². The first kappa shape index (κ1) is 20.2. The average molecular weight is 405 g/mol. The number of fused-ring (bicyclic) bond motifs is 1. The van der Waals surface area contributed by atoms with Crippen molar-refractivity contribution in [1.82, 2.24) is 25.2 Å². The molecule has 1 saturated heterocycles. The zero-order chi connectivity index (χ0) is 21.1. The van der Waals surface area contributed by atoms with Crippen LogP contribution in [0.5, 0.6) is 0 Å². The van der Waals surface area contributed by atoms with Gasteiger partial charge in [-0.15, -0.1) is 0 Å². The number of nitrogens with zero attached hydrogens (tertiary/aromatic N) is 5. The zero-order valence-corrected chi connectivity index (χ0v) is 17.8. The lowest BCUT2D eigenvalue weighted by atomic mass is 9.99. The van der Waals surface area contributed by atoms with Gasteiger partial charge in [-0.25, -0.2) is 9.97 Å². The predicted molar refractivity (Wildman–Crippen MR) is 119 cm³/mol. The Kier molecular flexibility index (Phi) is 5.90. The van der Waals surface area contributed by atoms with Crippen LogP contribution in [0.3, 0.4) is 0 Å². The molecule has 4 rings (SSSR count). The van der Waals surface area contributed by atoms with Gasteiger partial charge in [-0.05, 0) is 30.8 Å². The molecule has 2 aromatic heterocycles. The zero-order valence-electron chi connectivity index (χ0n) is 17.8. The fourth-order valence-electron chi connectivity index (χ4n) is 3.85. The molecule has 1 amide bonds. The maximum Gasteiger partial charge on any atom is 0.273 e. The average Bonchev–Trinajstić information content (AvgIpc) is 2.78. The van der Waals surface area contributed by atoms with Gasteiger partial charge in [0.05, 0.1) is 12.2 Å². The van der Waals surface area contributed by atoms with Crippen LogP contribution in [0.2, 0.25) is 0 Å². The Labute approximate surface area is 177 Å². The van der Waals surface area contributed by atoms with Gasteiger partial charge in [0, 0.05) is 51.3 Å². The van der Waals surface area contributed by atoms with Crippen molar-refractivity contribution in [3.63, 3.8) is 0 Å². The maximum absolute atomic E-state index is 13.2. The van der Waals surface area contributed by atoms with E-state index in [-0.39, 0.29) is 5.91 Å². The molecule has 30 heavy (non-hydrogen) atoms. The van der Waals surface area contributed by atoms with Crippen LogP contribution in [0.25, 0.3) is 10.8 Å². The number of carbonyl (C=O) groups is 1. The van der Waals surface area contributed by atoms with E-state index in [1.165, 1.54) is 0 Å². The molecule has 1 atom stereocenters. The molecule has 0 aliphatic carbocycles. The lowest BCUT2D eigenvalue weighted by Gasteiger charge is -2.24. The molecular formula is C23H28N6O. The summed E-state index contributed by atoms with van der Waals surface area (Å²) in [5.74, 6) is 1.91. The normalized spacial score (nSPS) is 16.4. The van der Waals surface area contributed by atoms with Crippen molar-refractivity contribution in [3.8, 4) is 0 Å². The minimum atomic E-state index is -0.113. The van der Waals surface area contributed by atoms with Gasteiger partial charge in [-0.2, -0.15) is 0 Å². The standard InChI is InChI=1S/C23H28N6O/c1-28(2)20-13-18(26-22(27-20)17-8-6-11-24-14-17)15-29(3)23(30)21-19-9-5-4-7-16(19)10-12-25-21/h4-5,7,9-10,12-13,17,24H,6,8,11,14-15H2,1-3H3/t17-/m1/s1. The number of piperidine rings is 1. The van der Waals surface area contributed by atoms with Gasteiger partial charge >= 0.3 is 0 Å².